The summed E-state index contributed by atoms with van der Waals surface area (Å²) in [7, 11) is 1.24. The molecule has 140 valence electrons. The van der Waals surface area contributed by atoms with Gasteiger partial charge in [0.15, 0.2) is 0 Å². The lowest BCUT2D eigenvalue weighted by atomic mass is 9.80. The Labute approximate surface area is 156 Å². The first-order valence-electron chi connectivity index (χ1n) is 7.97. The minimum Gasteiger partial charge on any atom is -0.478 e. The van der Waals surface area contributed by atoms with Crippen molar-refractivity contribution in [3.63, 3.8) is 0 Å². The molecule has 0 fully saturated rings. The molecule has 0 spiro atoms. The van der Waals surface area contributed by atoms with Gasteiger partial charge in [-0.1, -0.05) is 29.8 Å². The molecular formula is C18H21ClN2O5. The van der Waals surface area contributed by atoms with Crippen LogP contribution in [-0.4, -0.2) is 43.9 Å². The summed E-state index contributed by atoms with van der Waals surface area (Å²) in [5, 5.41) is 13.1. The van der Waals surface area contributed by atoms with E-state index in [0.717, 1.165) is 0 Å². The van der Waals surface area contributed by atoms with E-state index in [2.05, 4.69) is 5.32 Å². The van der Waals surface area contributed by atoms with Gasteiger partial charge in [-0.3, -0.25) is 0 Å². The zero-order chi connectivity index (χ0) is 19.3. The molecule has 1 aliphatic rings. The smallest absolute Gasteiger partial charge is 0.336 e. The van der Waals surface area contributed by atoms with Crippen LogP contribution in [0.2, 0.25) is 5.02 Å². The van der Waals surface area contributed by atoms with E-state index in [1.165, 1.54) is 7.11 Å². The Bertz CT molecular complexity index is 773. The highest BCUT2D eigenvalue weighted by molar-refractivity contribution is 6.31. The lowest BCUT2D eigenvalue weighted by Gasteiger charge is -2.31. The Morgan fingerprint density at radius 1 is 1.31 bits per heavy atom. The summed E-state index contributed by atoms with van der Waals surface area (Å²) in [4.78, 5) is 24.4. The molecule has 1 aromatic carbocycles. The first-order valence-corrected chi connectivity index (χ1v) is 8.34. The van der Waals surface area contributed by atoms with Crippen LogP contribution in [0.1, 0.15) is 18.4 Å². The van der Waals surface area contributed by atoms with E-state index >= 15 is 0 Å². The molecule has 0 bridgehead atoms. The van der Waals surface area contributed by atoms with Crippen molar-refractivity contribution in [3.8, 4) is 0 Å². The average molecular weight is 381 g/mol. The molecule has 2 rings (SSSR count). The molecule has 26 heavy (non-hydrogen) atoms. The maximum Gasteiger partial charge on any atom is 0.336 e. The Morgan fingerprint density at radius 2 is 2.00 bits per heavy atom. The lowest BCUT2D eigenvalue weighted by Crippen LogP contribution is -2.34. The van der Waals surface area contributed by atoms with Crippen LogP contribution in [0.5, 0.6) is 0 Å². The van der Waals surface area contributed by atoms with Crippen molar-refractivity contribution in [3.05, 3.63) is 57.4 Å². The standard InChI is InChI=1S/C18H21ClN2O5/c1-10-14(17(22)23)15(11-5-3-4-6-12(11)19)16(18(24)25-2)13(21-10)9-26-8-7-20/h3-6,15,21H,7-9,20H2,1-2H3,(H,22,23). The van der Waals surface area contributed by atoms with Crippen molar-refractivity contribution in [2.75, 3.05) is 26.9 Å². The number of esters is 1. The molecule has 0 amide bonds. The molecular weight excluding hydrogens is 360 g/mol. The van der Waals surface area contributed by atoms with Gasteiger partial charge in [0, 0.05) is 17.3 Å². The highest BCUT2D eigenvalue weighted by Gasteiger charge is 2.38. The van der Waals surface area contributed by atoms with Gasteiger partial charge in [0.1, 0.15) is 0 Å². The van der Waals surface area contributed by atoms with Gasteiger partial charge in [-0.2, -0.15) is 0 Å². The number of aliphatic carboxylic acids is 1. The van der Waals surface area contributed by atoms with E-state index in [4.69, 9.17) is 26.8 Å². The number of allylic oxidation sites excluding steroid dienone is 1. The number of hydrogen-bond donors (Lipinski definition) is 3. The van der Waals surface area contributed by atoms with Gasteiger partial charge in [-0.25, -0.2) is 9.59 Å². The highest BCUT2D eigenvalue weighted by atomic mass is 35.5. The highest BCUT2D eigenvalue weighted by Crippen LogP contribution is 2.41. The number of methoxy groups -OCH3 is 1. The first kappa shape index (κ1) is 20.0. The molecule has 1 atom stereocenters. The Kier molecular flexibility index (Phi) is 6.79. The third kappa shape index (κ3) is 4.07. The topological polar surface area (TPSA) is 111 Å². The van der Waals surface area contributed by atoms with Crippen molar-refractivity contribution in [2.45, 2.75) is 12.8 Å². The van der Waals surface area contributed by atoms with Crippen LogP contribution in [0.25, 0.3) is 0 Å². The second-order valence-corrected chi connectivity index (χ2v) is 6.06. The van der Waals surface area contributed by atoms with Gasteiger partial charge < -0.3 is 25.6 Å². The van der Waals surface area contributed by atoms with Crippen LogP contribution in [-0.2, 0) is 19.1 Å². The third-order valence-corrected chi connectivity index (χ3v) is 4.35. The van der Waals surface area contributed by atoms with Gasteiger partial charge >= 0.3 is 11.9 Å². The predicted octanol–water partition coefficient (Wildman–Crippen LogP) is 1.79. The molecule has 0 aromatic heterocycles. The van der Waals surface area contributed by atoms with E-state index in [1.54, 1.807) is 31.2 Å². The van der Waals surface area contributed by atoms with Gasteiger partial charge in [0.05, 0.1) is 43.1 Å². The summed E-state index contributed by atoms with van der Waals surface area (Å²) < 4.78 is 10.4. The van der Waals surface area contributed by atoms with E-state index in [0.29, 0.717) is 35.1 Å². The van der Waals surface area contributed by atoms with E-state index < -0.39 is 17.9 Å². The molecule has 0 radical (unpaired) electrons. The van der Waals surface area contributed by atoms with Crippen LogP contribution < -0.4 is 11.1 Å². The summed E-state index contributed by atoms with van der Waals surface area (Å²) >= 11 is 6.30. The molecule has 0 saturated heterocycles. The summed E-state index contributed by atoms with van der Waals surface area (Å²) in [5.41, 5.74) is 6.95. The third-order valence-electron chi connectivity index (χ3n) is 4.01. The number of carboxylic acids is 1. The summed E-state index contributed by atoms with van der Waals surface area (Å²) in [5.74, 6) is -2.69. The molecule has 7 nitrogen and oxygen atoms in total. The van der Waals surface area contributed by atoms with Crippen LogP contribution in [0.3, 0.4) is 0 Å². The van der Waals surface area contributed by atoms with E-state index in [9.17, 15) is 14.7 Å². The van der Waals surface area contributed by atoms with E-state index in [-0.39, 0.29) is 17.8 Å². The fourth-order valence-electron chi connectivity index (χ4n) is 2.92. The predicted molar refractivity (Wildman–Crippen MR) is 96.6 cm³/mol. The zero-order valence-electron chi connectivity index (χ0n) is 14.5. The molecule has 1 aromatic rings. The van der Waals surface area contributed by atoms with Crippen molar-refractivity contribution < 1.29 is 24.2 Å². The fourth-order valence-corrected chi connectivity index (χ4v) is 3.17. The minimum atomic E-state index is -1.15. The second-order valence-electron chi connectivity index (χ2n) is 5.65. The molecule has 0 saturated carbocycles. The van der Waals surface area contributed by atoms with Crippen molar-refractivity contribution >= 4 is 23.5 Å². The molecule has 4 N–H and O–H groups in total. The average Bonchev–Trinajstić information content (AvgIpc) is 2.61. The number of nitrogens with one attached hydrogen (secondary N) is 1. The van der Waals surface area contributed by atoms with Crippen LogP contribution in [0, 0.1) is 0 Å². The Hall–Kier alpha value is -2.35. The van der Waals surface area contributed by atoms with Crippen molar-refractivity contribution in [1.82, 2.24) is 5.32 Å². The van der Waals surface area contributed by atoms with E-state index in [1.807, 2.05) is 0 Å². The number of benzene rings is 1. The monoisotopic (exact) mass is 380 g/mol. The molecule has 1 aliphatic heterocycles. The number of carbonyl (C=O) groups is 2. The molecule has 8 heteroatoms. The number of halogens is 1. The van der Waals surface area contributed by atoms with Crippen LogP contribution in [0.4, 0.5) is 0 Å². The number of carboxylic acid groups (broad SMARTS) is 1. The molecule has 0 aliphatic carbocycles. The Morgan fingerprint density at radius 3 is 2.58 bits per heavy atom. The number of carbonyl (C=O) groups excluding carboxylic acids is 1. The normalized spacial score (nSPS) is 17.2. The first-order chi connectivity index (χ1) is 12.4. The minimum absolute atomic E-state index is 0.0288. The molecule has 1 unspecified atom stereocenters. The maximum atomic E-state index is 12.5. The summed E-state index contributed by atoms with van der Waals surface area (Å²) in [6.45, 7) is 2.31. The van der Waals surface area contributed by atoms with Crippen LogP contribution >= 0.6 is 11.6 Å². The van der Waals surface area contributed by atoms with Gasteiger partial charge in [-0.05, 0) is 18.6 Å². The number of rotatable bonds is 7. The number of nitrogens with two attached hydrogens (primary N) is 1. The fraction of sp³-hybridized carbons (Fsp3) is 0.333. The molecule has 1 heterocycles. The number of hydrogen-bond acceptors (Lipinski definition) is 6. The quantitative estimate of drug-likeness (QED) is 0.488. The van der Waals surface area contributed by atoms with Gasteiger partial charge in [0.2, 0.25) is 0 Å². The van der Waals surface area contributed by atoms with Crippen molar-refractivity contribution in [1.29, 1.82) is 0 Å². The Balaban J connectivity index is 2.66. The second kappa shape index (κ2) is 8.84. The largest absolute Gasteiger partial charge is 0.478 e. The zero-order valence-corrected chi connectivity index (χ0v) is 15.3. The van der Waals surface area contributed by atoms with Gasteiger partial charge in [0.25, 0.3) is 0 Å². The maximum absolute atomic E-state index is 12.5. The van der Waals surface area contributed by atoms with Crippen molar-refractivity contribution in [2.24, 2.45) is 5.73 Å². The summed E-state index contributed by atoms with van der Waals surface area (Å²) in [6, 6.07) is 6.80. The number of ether oxygens (including phenoxy) is 2. The number of dihydropyridines is 1. The van der Waals surface area contributed by atoms with Gasteiger partial charge in [-0.15, -0.1) is 0 Å². The lowest BCUT2D eigenvalue weighted by molar-refractivity contribution is -0.136. The SMILES string of the molecule is COC(=O)C1=C(COCCN)NC(C)=C(C(=O)O)C1c1ccccc1Cl. The van der Waals surface area contributed by atoms with Crippen LogP contribution in [0.15, 0.2) is 46.8 Å². The summed E-state index contributed by atoms with van der Waals surface area (Å²) in [6.07, 6.45) is 0.